The molecule has 0 atom stereocenters. The van der Waals surface area contributed by atoms with Crippen LogP contribution in [0.15, 0.2) is 29.3 Å². The second-order valence-corrected chi connectivity index (χ2v) is 6.11. The van der Waals surface area contributed by atoms with E-state index in [1.165, 1.54) is 24.0 Å². The first kappa shape index (κ1) is 14.4. The molecule has 3 heteroatoms. The van der Waals surface area contributed by atoms with Crippen molar-refractivity contribution in [2.75, 3.05) is 5.75 Å². The molecular formula is C16H24N2S. The second kappa shape index (κ2) is 6.47. The van der Waals surface area contributed by atoms with Gasteiger partial charge in [0.1, 0.15) is 0 Å². The predicted molar refractivity (Wildman–Crippen MR) is 85.9 cm³/mol. The van der Waals surface area contributed by atoms with Crippen LogP contribution in [0.4, 0.5) is 0 Å². The zero-order valence-corrected chi connectivity index (χ0v) is 13.0. The van der Waals surface area contributed by atoms with Crippen LogP contribution in [-0.4, -0.2) is 16.5 Å². The number of thioether (sulfide) groups is 1. The zero-order valence-electron chi connectivity index (χ0n) is 12.2. The van der Waals surface area contributed by atoms with E-state index in [9.17, 15) is 0 Å². The third-order valence-corrected chi connectivity index (χ3v) is 5.30. The monoisotopic (exact) mass is 276 g/mol. The van der Waals surface area contributed by atoms with Crippen molar-refractivity contribution in [3.8, 4) is 0 Å². The summed E-state index contributed by atoms with van der Waals surface area (Å²) in [5, 5.41) is 4.74. The van der Waals surface area contributed by atoms with E-state index in [2.05, 4.69) is 50.4 Å². The van der Waals surface area contributed by atoms with Crippen LogP contribution in [0.25, 0.3) is 0 Å². The Kier molecular flexibility index (Phi) is 4.92. The van der Waals surface area contributed by atoms with Gasteiger partial charge in [-0.25, -0.2) is 0 Å². The molecule has 0 unspecified atom stereocenters. The molecule has 1 N–H and O–H groups in total. The van der Waals surface area contributed by atoms with Crippen molar-refractivity contribution in [3.05, 3.63) is 35.4 Å². The van der Waals surface area contributed by atoms with Gasteiger partial charge in [-0.2, -0.15) is 0 Å². The summed E-state index contributed by atoms with van der Waals surface area (Å²) in [6.45, 7) is 7.51. The van der Waals surface area contributed by atoms with Gasteiger partial charge in [-0.15, -0.1) is 0 Å². The van der Waals surface area contributed by atoms with Gasteiger partial charge in [-0.05, 0) is 30.4 Å². The van der Waals surface area contributed by atoms with Gasteiger partial charge < -0.3 is 5.32 Å². The van der Waals surface area contributed by atoms with Crippen molar-refractivity contribution in [1.82, 2.24) is 5.32 Å². The first-order valence-electron chi connectivity index (χ1n) is 7.25. The molecular weight excluding hydrogens is 252 g/mol. The van der Waals surface area contributed by atoms with Crippen LogP contribution >= 0.6 is 11.8 Å². The second-order valence-electron chi connectivity index (χ2n) is 5.14. The molecule has 0 bridgehead atoms. The lowest BCUT2D eigenvalue weighted by molar-refractivity contribution is 0.407. The first-order valence-corrected chi connectivity index (χ1v) is 8.23. The highest BCUT2D eigenvalue weighted by atomic mass is 32.2. The van der Waals surface area contributed by atoms with Gasteiger partial charge in [-0.1, -0.05) is 56.8 Å². The maximum absolute atomic E-state index is 4.76. The SMILES string of the molecule is CCc1ccccc1CN=C1NC(CC)(CC)CS1. The summed E-state index contributed by atoms with van der Waals surface area (Å²) < 4.78 is 0. The molecule has 0 radical (unpaired) electrons. The Morgan fingerprint density at radius 2 is 1.84 bits per heavy atom. The molecule has 104 valence electrons. The van der Waals surface area contributed by atoms with E-state index < -0.39 is 0 Å². The lowest BCUT2D eigenvalue weighted by Gasteiger charge is -2.25. The number of hydrogen-bond donors (Lipinski definition) is 1. The normalized spacial score (nSPS) is 19.6. The van der Waals surface area contributed by atoms with Crippen LogP contribution in [-0.2, 0) is 13.0 Å². The topological polar surface area (TPSA) is 24.4 Å². The molecule has 0 aliphatic carbocycles. The quantitative estimate of drug-likeness (QED) is 0.879. The molecule has 1 aromatic carbocycles. The van der Waals surface area contributed by atoms with Gasteiger partial charge in [0.15, 0.2) is 5.17 Å². The molecule has 0 spiro atoms. The van der Waals surface area contributed by atoms with Gasteiger partial charge in [0, 0.05) is 11.3 Å². The summed E-state index contributed by atoms with van der Waals surface area (Å²) in [7, 11) is 0. The standard InChI is InChI=1S/C16H24N2S/c1-4-13-9-7-8-10-14(13)11-17-15-18-16(5-2,6-3)12-19-15/h7-10H,4-6,11-12H2,1-3H3,(H,17,18). The number of hydrogen-bond acceptors (Lipinski definition) is 2. The van der Waals surface area contributed by atoms with Crippen LogP contribution in [0.5, 0.6) is 0 Å². The number of nitrogens with one attached hydrogen (secondary N) is 1. The minimum atomic E-state index is 0.272. The Morgan fingerprint density at radius 3 is 2.42 bits per heavy atom. The highest BCUT2D eigenvalue weighted by Gasteiger charge is 2.33. The van der Waals surface area contributed by atoms with Gasteiger partial charge in [0.25, 0.3) is 0 Å². The number of rotatable bonds is 5. The zero-order chi connectivity index (χ0) is 13.7. The van der Waals surface area contributed by atoms with Gasteiger partial charge in [-0.3, -0.25) is 4.99 Å². The smallest absolute Gasteiger partial charge is 0.157 e. The van der Waals surface area contributed by atoms with Crippen LogP contribution in [0, 0.1) is 0 Å². The lowest BCUT2D eigenvalue weighted by atomic mass is 9.96. The van der Waals surface area contributed by atoms with Crippen molar-refractivity contribution >= 4 is 16.9 Å². The Labute approximate surface area is 121 Å². The fourth-order valence-corrected chi connectivity index (χ4v) is 3.77. The van der Waals surface area contributed by atoms with E-state index in [0.29, 0.717) is 0 Å². The summed E-state index contributed by atoms with van der Waals surface area (Å²) >= 11 is 1.87. The lowest BCUT2D eigenvalue weighted by Crippen LogP contribution is -2.42. The van der Waals surface area contributed by atoms with E-state index in [1.807, 2.05) is 11.8 Å². The highest BCUT2D eigenvalue weighted by molar-refractivity contribution is 8.14. The predicted octanol–water partition coefficient (Wildman–Crippen LogP) is 4.00. The molecule has 1 aliphatic heterocycles. The summed E-state index contributed by atoms with van der Waals surface area (Å²) in [4.78, 5) is 4.76. The van der Waals surface area contributed by atoms with Crippen molar-refractivity contribution < 1.29 is 0 Å². The van der Waals surface area contributed by atoms with E-state index in [1.54, 1.807) is 0 Å². The van der Waals surface area contributed by atoms with Crippen LogP contribution in [0.1, 0.15) is 44.7 Å². The van der Waals surface area contributed by atoms with Gasteiger partial charge in [0.2, 0.25) is 0 Å². The Bertz CT molecular complexity index is 450. The molecule has 0 amide bonds. The molecule has 0 aromatic heterocycles. The van der Waals surface area contributed by atoms with Gasteiger partial charge in [0.05, 0.1) is 6.54 Å². The Morgan fingerprint density at radius 1 is 1.16 bits per heavy atom. The van der Waals surface area contributed by atoms with E-state index in [4.69, 9.17) is 4.99 Å². The number of amidine groups is 1. The minimum absolute atomic E-state index is 0.272. The fraction of sp³-hybridized carbons (Fsp3) is 0.562. The summed E-state index contributed by atoms with van der Waals surface area (Å²) in [5.41, 5.74) is 3.03. The molecule has 1 saturated heterocycles. The van der Waals surface area contributed by atoms with Crippen molar-refractivity contribution in [2.24, 2.45) is 4.99 Å². The molecule has 19 heavy (non-hydrogen) atoms. The third-order valence-electron chi connectivity index (χ3n) is 4.10. The fourth-order valence-electron chi connectivity index (χ4n) is 2.44. The Balaban J connectivity index is 2.04. The molecule has 1 aliphatic rings. The van der Waals surface area contributed by atoms with Crippen molar-refractivity contribution in [3.63, 3.8) is 0 Å². The number of aliphatic imine (C=N–C) groups is 1. The summed E-state index contributed by atoms with van der Waals surface area (Å²) in [6, 6.07) is 8.60. The molecule has 1 fully saturated rings. The first-order chi connectivity index (χ1) is 9.23. The average molecular weight is 276 g/mol. The van der Waals surface area contributed by atoms with E-state index in [0.717, 1.165) is 23.9 Å². The Hall–Kier alpha value is -0.960. The molecule has 0 saturated carbocycles. The van der Waals surface area contributed by atoms with Crippen molar-refractivity contribution in [2.45, 2.75) is 52.1 Å². The van der Waals surface area contributed by atoms with Crippen LogP contribution < -0.4 is 5.32 Å². The minimum Gasteiger partial charge on any atom is -0.359 e. The molecule has 2 rings (SSSR count). The van der Waals surface area contributed by atoms with Crippen LogP contribution in [0.3, 0.4) is 0 Å². The van der Waals surface area contributed by atoms with Gasteiger partial charge >= 0.3 is 0 Å². The summed E-state index contributed by atoms with van der Waals surface area (Å²) in [6.07, 6.45) is 3.41. The number of nitrogens with zero attached hydrogens (tertiary/aromatic N) is 1. The molecule has 1 aromatic rings. The number of aryl methyl sites for hydroxylation is 1. The summed E-state index contributed by atoms with van der Waals surface area (Å²) in [5.74, 6) is 1.15. The largest absolute Gasteiger partial charge is 0.359 e. The number of benzene rings is 1. The molecule has 1 heterocycles. The average Bonchev–Trinajstić information content (AvgIpc) is 2.89. The van der Waals surface area contributed by atoms with Crippen molar-refractivity contribution in [1.29, 1.82) is 0 Å². The highest BCUT2D eigenvalue weighted by Crippen LogP contribution is 2.29. The molecule has 2 nitrogen and oxygen atoms in total. The third kappa shape index (κ3) is 3.33. The van der Waals surface area contributed by atoms with Crippen LogP contribution in [0.2, 0.25) is 0 Å². The maximum atomic E-state index is 4.76. The maximum Gasteiger partial charge on any atom is 0.157 e. The van der Waals surface area contributed by atoms with E-state index in [-0.39, 0.29) is 5.54 Å². The van der Waals surface area contributed by atoms with E-state index >= 15 is 0 Å².